The lowest BCUT2D eigenvalue weighted by atomic mass is 9.86. The van der Waals surface area contributed by atoms with Gasteiger partial charge in [0, 0.05) is 31.8 Å². The number of hydrogen-bond acceptors (Lipinski definition) is 4. The van der Waals surface area contributed by atoms with Gasteiger partial charge in [-0.25, -0.2) is 0 Å². The summed E-state index contributed by atoms with van der Waals surface area (Å²) in [6.07, 6.45) is 4.07. The highest BCUT2D eigenvalue weighted by atomic mass is 127. The first kappa shape index (κ1) is 27.3. The molecule has 182 valence electrons. The molecule has 0 aromatic heterocycles. The summed E-state index contributed by atoms with van der Waals surface area (Å²) in [6, 6.07) is 8.29. The Morgan fingerprint density at radius 2 is 1.75 bits per heavy atom. The second-order valence-corrected chi connectivity index (χ2v) is 9.99. The molecule has 0 saturated carbocycles. The minimum atomic E-state index is -0.575. The van der Waals surface area contributed by atoms with E-state index >= 15 is 0 Å². The van der Waals surface area contributed by atoms with E-state index in [1.165, 1.54) is 31.5 Å². The van der Waals surface area contributed by atoms with Crippen LogP contribution >= 0.6 is 24.0 Å². The SMILES string of the molecule is CCNC(=NCC1(N2CCCC2)CCOCC1)NCC(O)c1ccc(C(C)(C)C)cc1.I. The zero-order valence-electron chi connectivity index (χ0n) is 20.3. The van der Waals surface area contributed by atoms with Crippen molar-refractivity contribution in [2.45, 2.75) is 70.4 Å². The van der Waals surface area contributed by atoms with Crippen LogP contribution in [0.1, 0.15) is 70.6 Å². The summed E-state index contributed by atoms with van der Waals surface area (Å²) in [4.78, 5) is 7.59. The van der Waals surface area contributed by atoms with E-state index in [2.05, 4.69) is 55.4 Å². The molecule has 1 atom stereocenters. The first-order valence-electron chi connectivity index (χ1n) is 12.0. The fraction of sp³-hybridized carbons (Fsp3) is 0.720. The second kappa shape index (κ2) is 12.5. The van der Waals surface area contributed by atoms with Crippen molar-refractivity contribution in [1.82, 2.24) is 15.5 Å². The van der Waals surface area contributed by atoms with Crippen LogP contribution in [0.2, 0.25) is 0 Å². The van der Waals surface area contributed by atoms with Gasteiger partial charge in [0.15, 0.2) is 5.96 Å². The summed E-state index contributed by atoms with van der Waals surface area (Å²) in [6.45, 7) is 14.6. The molecular formula is C25H43IN4O2. The Kier molecular flexibility index (Phi) is 10.7. The van der Waals surface area contributed by atoms with E-state index in [4.69, 9.17) is 9.73 Å². The lowest BCUT2D eigenvalue weighted by Crippen LogP contribution is -2.54. The number of guanidine groups is 1. The van der Waals surface area contributed by atoms with Crippen molar-refractivity contribution in [2.75, 3.05) is 45.9 Å². The molecule has 1 unspecified atom stereocenters. The van der Waals surface area contributed by atoms with Gasteiger partial charge in [-0.05, 0) is 62.2 Å². The van der Waals surface area contributed by atoms with Crippen LogP contribution in [-0.4, -0.2) is 67.4 Å². The molecule has 2 aliphatic rings. The average molecular weight is 559 g/mol. The molecule has 0 bridgehead atoms. The third-order valence-corrected chi connectivity index (χ3v) is 6.70. The largest absolute Gasteiger partial charge is 0.387 e. The Bertz CT molecular complexity index is 706. The van der Waals surface area contributed by atoms with Crippen LogP contribution in [0.15, 0.2) is 29.3 Å². The highest BCUT2D eigenvalue weighted by Gasteiger charge is 2.39. The topological polar surface area (TPSA) is 69.1 Å². The highest BCUT2D eigenvalue weighted by Crippen LogP contribution is 2.31. The van der Waals surface area contributed by atoms with E-state index in [0.717, 1.165) is 50.7 Å². The molecular weight excluding hydrogens is 515 g/mol. The van der Waals surface area contributed by atoms with Gasteiger partial charge in [-0.15, -0.1) is 24.0 Å². The average Bonchev–Trinajstić information content (AvgIpc) is 3.31. The van der Waals surface area contributed by atoms with Crippen molar-refractivity contribution in [3.8, 4) is 0 Å². The lowest BCUT2D eigenvalue weighted by Gasteiger charge is -2.43. The van der Waals surface area contributed by atoms with Gasteiger partial charge >= 0.3 is 0 Å². The van der Waals surface area contributed by atoms with Crippen LogP contribution in [0.4, 0.5) is 0 Å². The number of halogens is 1. The zero-order chi connectivity index (χ0) is 22.3. The molecule has 2 aliphatic heterocycles. The summed E-state index contributed by atoms with van der Waals surface area (Å²) in [5.74, 6) is 0.776. The molecule has 3 N–H and O–H groups in total. The van der Waals surface area contributed by atoms with Crippen LogP contribution in [0, 0.1) is 0 Å². The molecule has 0 aliphatic carbocycles. The normalized spacial score (nSPS) is 20.5. The highest BCUT2D eigenvalue weighted by molar-refractivity contribution is 14.0. The van der Waals surface area contributed by atoms with Crippen molar-refractivity contribution in [2.24, 2.45) is 4.99 Å². The van der Waals surface area contributed by atoms with Gasteiger partial charge in [0.25, 0.3) is 0 Å². The standard InChI is InChI=1S/C25H42N4O2.HI/c1-5-26-23(27-18-22(30)20-8-10-21(11-9-20)24(2,3)4)28-19-25(12-16-31-17-13-25)29-14-6-7-15-29;/h8-11,22,30H,5-7,12-19H2,1-4H3,(H2,26,27,28);1H. The summed E-state index contributed by atoms with van der Waals surface area (Å²) in [5.41, 5.74) is 2.42. The summed E-state index contributed by atoms with van der Waals surface area (Å²) in [7, 11) is 0. The minimum Gasteiger partial charge on any atom is -0.387 e. The van der Waals surface area contributed by atoms with E-state index in [0.29, 0.717) is 6.54 Å². The first-order chi connectivity index (χ1) is 14.8. The molecule has 2 saturated heterocycles. The zero-order valence-corrected chi connectivity index (χ0v) is 22.7. The number of rotatable bonds is 7. The molecule has 6 nitrogen and oxygen atoms in total. The van der Waals surface area contributed by atoms with Gasteiger partial charge in [-0.3, -0.25) is 9.89 Å². The third kappa shape index (κ3) is 7.30. The van der Waals surface area contributed by atoms with E-state index in [1.807, 2.05) is 12.1 Å². The molecule has 2 fully saturated rings. The Morgan fingerprint density at radius 3 is 2.31 bits per heavy atom. The van der Waals surface area contributed by atoms with Crippen LogP contribution in [0.5, 0.6) is 0 Å². The van der Waals surface area contributed by atoms with Crippen molar-refractivity contribution >= 4 is 29.9 Å². The lowest BCUT2D eigenvalue weighted by molar-refractivity contribution is -0.0139. The molecule has 3 rings (SSSR count). The molecule has 0 radical (unpaired) electrons. The van der Waals surface area contributed by atoms with Crippen LogP contribution in [-0.2, 0) is 10.2 Å². The Morgan fingerprint density at radius 1 is 1.12 bits per heavy atom. The predicted molar refractivity (Wildman–Crippen MR) is 143 cm³/mol. The van der Waals surface area contributed by atoms with Gasteiger partial charge in [0.1, 0.15) is 0 Å². The third-order valence-electron chi connectivity index (χ3n) is 6.70. The molecule has 32 heavy (non-hydrogen) atoms. The quantitative estimate of drug-likeness (QED) is 0.270. The Hall–Kier alpha value is -0.900. The van der Waals surface area contributed by atoms with Crippen molar-refractivity contribution in [1.29, 1.82) is 0 Å². The van der Waals surface area contributed by atoms with Crippen molar-refractivity contribution in [3.05, 3.63) is 35.4 Å². The van der Waals surface area contributed by atoms with Crippen LogP contribution < -0.4 is 10.6 Å². The number of nitrogens with one attached hydrogen (secondary N) is 2. The smallest absolute Gasteiger partial charge is 0.191 e. The monoisotopic (exact) mass is 558 g/mol. The van der Waals surface area contributed by atoms with E-state index in [9.17, 15) is 5.11 Å². The number of nitrogens with zero attached hydrogens (tertiary/aromatic N) is 2. The maximum absolute atomic E-state index is 10.7. The van der Waals surface area contributed by atoms with Crippen LogP contribution in [0.25, 0.3) is 0 Å². The molecule has 7 heteroatoms. The van der Waals surface area contributed by atoms with Crippen LogP contribution in [0.3, 0.4) is 0 Å². The molecule has 1 aromatic rings. The number of benzene rings is 1. The summed E-state index contributed by atoms with van der Waals surface area (Å²) < 4.78 is 5.66. The number of aliphatic hydroxyl groups excluding tert-OH is 1. The number of hydrogen-bond donors (Lipinski definition) is 3. The minimum absolute atomic E-state index is 0. The fourth-order valence-corrected chi connectivity index (χ4v) is 4.60. The molecule has 0 amide bonds. The van der Waals surface area contributed by atoms with Gasteiger partial charge in [-0.2, -0.15) is 0 Å². The Labute approximate surface area is 211 Å². The van der Waals surface area contributed by atoms with Gasteiger partial charge < -0.3 is 20.5 Å². The summed E-state index contributed by atoms with van der Waals surface area (Å²) in [5, 5.41) is 17.4. The van der Waals surface area contributed by atoms with E-state index < -0.39 is 6.10 Å². The molecule has 0 spiro atoms. The molecule has 1 aromatic carbocycles. The predicted octanol–water partition coefficient (Wildman–Crippen LogP) is 3.84. The van der Waals surface area contributed by atoms with Crippen molar-refractivity contribution < 1.29 is 9.84 Å². The maximum atomic E-state index is 10.7. The Balaban J connectivity index is 0.00000363. The second-order valence-electron chi connectivity index (χ2n) is 9.99. The first-order valence-corrected chi connectivity index (χ1v) is 12.0. The molecule has 2 heterocycles. The number of ether oxygens (including phenoxy) is 1. The maximum Gasteiger partial charge on any atom is 0.191 e. The summed E-state index contributed by atoms with van der Waals surface area (Å²) >= 11 is 0. The van der Waals surface area contributed by atoms with Gasteiger partial charge in [-0.1, -0.05) is 45.0 Å². The fourth-order valence-electron chi connectivity index (χ4n) is 4.60. The van der Waals surface area contributed by atoms with E-state index in [1.54, 1.807) is 0 Å². The van der Waals surface area contributed by atoms with Crippen molar-refractivity contribution in [3.63, 3.8) is 0 Å². The number of aliphatic hydroxyl groups is 1. The number of likely N-dealkylation sites (tertiary alicyclic amines) is 1. The number of aliphatic imine (C=N–C) groups is 1. The van der Waals surface area contributed by atoms with Gasteiger partial charge in [0.2, 0.25) is 0 Å². The van der Waals surface area contributed by atoms with E-state index in [-0.39, 0.29) is 34.9 Å². The van der Waals surface area contributed by atoms with Gasteiger partial charge in [0.05, 0.1) is 12.6 Å².